The smallest absolute Gasteiger partial charge is 0.238 e. The molecule has 1 aromatic heterocycles. The van der Waals surface area contributed by atoms with Gasteiger partial charge in [-0.15, -0.1) is 12.3 Å². The molecule has 0 aliphatic rings. The summed E-state index contributed by atoms with van der Waals surface area (Å²) in [6.45, 7) is 0. The van der Waals surface area contributed by atoms with E-state index in [-0.39, 0.29) is 16.7 Å². The van der Waals surface area contributed by atoms with Gasteiger partial charge in [-0.3, -0.25) is 0 Å². The Bertz CT molecular complexity index is 1140. The monoisotopic (exact) mass is 411 g/mol. The molecule has 0 aliphatic heterocycles. The van der Waals surface area contributed by atoms with Gasteiger partial charge in [0, 0.05) is 17.8 Å². The van der Waals surface area contributed by atoms with Crippen molar-refractivity contribution >= 4 is 33.2 Å². The van der Waals surface area contributed by atoms with Gasteiger partial charge in [0.15, 0.2) is 11.6 Å². The van der Waals surface area contributed by atoms with Crippen LogP contribution in [0.3, 0.4) is 0 Å². The number of sulfonamides is 1. The second kappa shape index (κ2) is 8.68. The third kappa shape index (κ3) is 5.51. The molecule has 0 saturated heterocycles. The molecule has 0 bridgehead atoms. The van der Waals surface area contributed by atoms with Crippen molar-refractivity contribution in [3.63, 3.8) is 0 Å². The van der Waals surface area contributed by atoms with E-state index in [1.54, 1.807) is 0 Å². The van der Waals surface area contributed by atoms with Gasteiger partial charge < -0.3 is 10.6 Å². The minimum absolute atomic E-state index is 0.0000287. The van der Waals surface area contributed by atoms with Crippen LogP contribution in [-0.4, -0.2) is 18.4 Å². The van der Waals surface area contributed by atoms with Crippen LogP contribution in [0.2, 0.25) is 0 Å². The van der Waals surface area contributed by atoms with Gasteiger partial charge in [-0.25, -0.2) is 22.9 Å². The topological polar surface area (TPSA) is 110 Å². The number of anilines is 4. The summed E-state index contributed by atoms with van der Waals surface area (Å²) in [7, 11) is -3.78. The van der Waals surface area contributed by atoms with Gasteiger partial charge in [-0.2, -0.15) is 4.98 Å². The van der Waals surface area contributed by atoms with E-state index < -0.39 is 15.8 Å². The Kier molecular flexibility index (Phi) is 6.07. The van der Waals surface area contributed by atoms with Crippen LogP contribution in [0.25, 0.3) is 0 Å². The number of hydrogen-bond donors (Lipinski definition) is 3. The first-order valence-electron chi connectivity index (χ1n) is 8.57. The Hall–Kier alpha value is -3.48. The molecule has 3 aromatic rings. The Balaban J connectivity index is 1.73. The highest BCUT2D eigenvalue weighted by Crippen LogP contribution is 2.21. The van der Waals surface area contributed by atoms with Crippen molar-refractivity contribution in [2.75, 3.05) is 10.6 Å². The Labute approximate surface area is 168 Å². The second-order valence-corrected chi connectivity index (χ2v) is 7.67. The summed E-state index contributed by atoms with van der Waals surface area (Å²) in [6.07, 6.45) is 7.73. The minimum Gasteiger partial charge on any atom is -0.338 e. The summed E-state index contributed by atoms with van der Waals surface area (Å²) >= 11 is 0. The molecule has 0 aliphatic carbocycles. The second-order valence-electron chi connectivity index (χ2n) is 6.11. The Morgan fingerprint density at radius 1 is 1.03 bits per heavy atom. The standard InChI is InChI=1S/C20H18FN5O2S/c1-2-3-4-14-5-7-15(8-6-14)24-19-18(21)13-23-20(26-19)25-16-9-11-17(12-10-16)29(22,27)28/h1,5-13H,3-4H2,(H2,22,27,28)(H2,23,24,25,26). The molecule has 7 nitrogen and oxygen atoms in total. The molecule has 29 heavy (non-hydrogen) atoms. The van der Waals surface area contributed by atoms with E-state index in [2.05, 4.69) is 26.5 Å². The molecule has 148 valence electrons. The normalized spacial score (nSPS) is 10.9. The Morgan fingerprint density at radius 2 is 1.66 bits per heavy atom. The highest BCUT2D eigenvalue weighted by atomic mass is 32.2. The fraction of sp³-hybridized carbons (Fsp3) is 0.100. The van der Waals surface area contributed by atoms with Gasteiger partial charge in [0.05, 0.1) is 11.1 Å². The summed E-state index contributed by atoms with van der Waals surface area (Å²) < 4.78 is 36.7. The Morgan fingerprint density at radius 3 is 2.28 bits per heavy atom. The maximum atomic E-state index is 14.1. The van der Waals surface area contributed by atoms with Crippen LogP contribution >= 0.6 is 0 Å². The molecule has 0 spiro atoms. The SMILES string of the molecule is C#CCCc1ccc(Nc2nc(Nc3ccc(S(N)(=O)=O)cc3)ncc2F)cc1. The van der Waals surface area contributed by atoms with Gasteiger partial charge in [-0.05, 0) is 48.4 Å². The van der Waals surface area contributed by atoms with Crippen molar-refractivity contribution in [2.24, 2.45) is 5.14 Å². The largest absolute Gasteiger partial charge is 0.338 e. The minimum atomic E-state index is -3.78. The first-order chi connectivity index (χ1) is 13.8. The molecular formula is C20H18FN5O2S. The third-order valence-electron chi connectivity index (χ3n) is 3.96. The van der Waals surface area contributed by atoms with Gasteiger partial charge in [-0.1, -0.05) is 12.1 Å². The zero-order valence-electron chi connectivity index (χ0n) is 15.3. The molecule has 9 heteroatoms. The summed E-state index contributed by atoms with van der Waals surface area (Å²) in [5.41, 5.74) is 2.27. The van der Waals surface area contributed by atoms with E-state index in [0.29, 0.717) is 17.8 Å². The molecule has 3 rings (SSSR count). The molecule has 4 N–H and O–H groups in total. The van der Waals surface area contributed by atoms with Crippen molar-refractivity contribution in [3.8, 4) is 12.3 Å². The van der Waals surface area contributed by atoms with Crippen LogP contribution in [0.4, 0.5) is 27.5 Å². The summed E-state index contributed by atoms with van der Waals surface area (Å²) in [6, 6.07) is 13.2. The van der Waals surface area contributed by atoms with Crippen molar-refractivity contribution in [1.82, 2.24) is 9.97 Å². The number of benzene rings is 2. The number of aryl methyl sites for hydroxylation is 1. The molecule has 0 unspecified atom stereocenters. The van der Waals surface area contributed by atoms with Gasteiger partial charge in [0.25, 0.3) is 0 Å². The van der Waals surface area contributed by atoms with Crippen LogP contribution in [0, 0.1) is 18.2 Å². The molecule has 2 aromatic carbocycles. The number of terminal acetylenes is 1. The first kappa shape index (κ1) is 20.3. The predicted octanol–water partition coefficient (Wildman–Crippen LogP) is 3.32. The van der Waals surface area contributed by atoms with Crippen molar-refractivity contribution < 1.29 is 12.8 Å². The van der Waals surface area contributed by atoms with E-state index in [1.165, 1.54) is 24.3 Å². The number of rotatable bonds is 7. The molecular weight excluding hydrogens is 393 g/mol. The highest BCUT2D eigenvalue weighted by molar-refractivity contribution is 7.89. The van der Waals surface area contributed by atoms with Crippen LogP contribution in [-0.2, 0) is 16.4 Å². The van der Waals surface area contributed by atoms with E-state index in [9.17, 15) is 12.8 Å². The molecule has 0 amide bonds. The number of nitrogens with two attached hydrogens (primary N) is 1. The number of nitrogens with zero attached hydrogens (tertiary/aromatic N) is 2. The molecule has 0 radical (unpaired) electrons. The lowest BCUT2D eigenvalue weighted by molar-refractivity contribution is 0.598. The average molecular weight is 411 g/mol. The van der Waals surface area contributed by atoms with Crippen molar-refractivity contribution in [2.45, 2.75) is 17.7 Å². The van der Waals surface area contributed by atoms with Crippen LogP contribution in [0.5, 0.6) is 0 Å². The molecule has 0 atom stereocenters. The fourth-order valence-electron chi connectivity index (χ4n) is 2.48. The molecule has 0 saturated carbocycles. The first-order valence-corrected chi connectivity index (χ1v) is 10.1. The molecule has 1 heterocycles. The predicted molar refractivity (Wildman–Crippen MR) is 110 cm³/mol. The van der Waals surface area contributed by atoms with E-state index in [4.69, 9.17) is 11.6 Å². The lowest BCUT2D eigenvalue weighted by Crippen LogP contribution is -2.11. The van der Waals surface area contributed by atoms with Gasteiger partial charge >= 0.3 is 0 Å². The fourth-order valence-corrected chi connectivity index (χ4v) is 3.00. The number of halogens is 1. The quantitative estimate of drug-likeness (QED) is 0.515. The lowest BCUT2D eigenvalue weighted by atomic mass is 10.1. The van der Waals surface area contributed by atoms with E-state index >= 15 is 0 Å². The number of nitrogens with one attached hydrogen (secondary N) is 2. The maximum absolute atomic E-state index is 14.1. The van der Waals surface area contributed by atoms with Crippen LogP contribution in [0.1, 0.15) is 12.0 Å². The molecule has 0 fully saturated rings. The number of hydrogen-bond acceptors (Lipinski definition) is 6. The van der Waals surface area contributed by atoms with Crippen LogP contribution < -0.4 is 15.8 Å². The van der Waals surface area contributed by atoms with Gasteiger partial charge in [0.1, 0.15) is 0 Å². The van der Waals surface area contributed by atoms with E-state index in [0.717, 1.165) is 18.2 Å². The van der Waals surface area contributed by atoms with Crippen LogP contribution in [0.15, 0.2) is 59.6 Å². The lowest BCUT2D eigenvalue weighted by Gasteiger charge is -2.10. The zero-order valence-corrected chi connectivity index (χ0v) is 16.1. The van der Waals surface area contributed by atoms with E-state index in [1.807, 2.05) is 24.3 Å². The maximum Gasteiger partial charge on any atom is 0.238 e. The summed E-state index contributed by atoms with van der Waals surface area (Å²) in [4.78, 5) is 8.01. The van der Waals surface area contributed by atoms with Crippen molar-refractivity contribution in [3.05, 3.63) is 66.1 Å². The average Bonchev–Trinajstić information content (AvgIpc) is 2.70. The highest BCUT2D eigenvalue weighted by Gasteiger charge is 2.10. The number of primary sulfonamides is 1. The zero-order chi connectivity index (χ0) is 20.9. The van der Waals surface area contributed by atoms with Gasteiger partial charge in [0.2, 0.25) is 16.0 Å². The van der Waals surface area contributed by atoms with Crippen molar-refractivity contribution in [1.29, 1.82) is 0 Å². The third-order valence-corrected chi connectivity index (χ3v) is 4.89. The summed E-state index contributed by atoms with van der Waals surface area (Å²) in [5, 5.41) is 10.9. The number of aromatic nitrogens is 2. The summed E-state index contributed by atoms with van der Waals surface area (Å²) in [5.74, 6) is 2.12.